The van der Waals surface area contributed by atoms with Gasteiger partial charge in [0, 0.05) is 55.0 Å². The van der Waals surface area contributed by atoms with Gasteiger partial charge < -0.3 is 24.4 Å². The fourth-order valence-corrected chi connectivity index (χ4v) is 8.14. The van der Waals surface area contributed by atoms with Gasteiger partial charge in [0.2, 0.25) is 11.8 Å². The van der Waals surface area contributed by atoms with Gasteiger partial charge in [-0.3, -0.25) is 14.6 Å². The second-order valence-corrected chi connectivity index (χ2v) is 14.7. The third-order valence-corrected chi connectivity index (χ3v) is 11.1. The van der Waals surface area contributed by atoms with Crippen LogP contribution in [0.5, 0.6) is 5.75 Å². The van der Waals surface area contributed by atoms with E-state index in [0.717, 1.165) is 46.5 Å². The van der Waals surface area contributed by atoms with Crippen LogP contribution in [0.1, 0.15) is 47.6 Å². The van der Waals surface area contributed by atoms with Crippen LogP contribution in [-0.2, 0) is 17.9 Å². The number of nitrogens with two attached hydrogens (primary N) is 1. The van der Waals surface area contributed by atoms with Gasteiger partial charge in [-0.05, 0) is 97.3 Å². The largest absolute Gasteiger partial charge is 0.480 e. The van der Waals surface area contributed by atoms with Gasteiger partial charge in [0.1, 0.15) is 28.9 Å². The Morgan fingerprint density at radius 2 is 1.65 bits per heavy atom. The molecule has 0 saturated carbocycles. The maximum Gasteiger partial charge on any atom is 0.387 e. The van der Waals surface area contributed by atoms with E-state index in [9.17, 15) is 23.9 Å². The van der Waals surface area contributed by atoms with E-state index in [1.54, 1.807) is 11.0 Å². The van der Waals surface area contributed by atoms with E-state index in [4.69, 9.17) is 29.3 Å². The molecule has 0 amide bonds. The highest BCUT2D eigenvalue weighted by Gasteiger charge is 2.32. The van der Waals surface area contributed by atoms with Crippen LogP contribution >= 0.6 is 0 Å². The monoisotopic (exact) mass is 746 g/mol. The number of nitriles is 1. The third-order valence-electron chi connectivity index (χ3n) is 11.1. The minimum Gasteiger partial charge on any atom is -0.480 e. The summed E-state index contributed by atoms with van der Waals surface area (Å²) in [5.41, 5.74) is 15.0. The first-order chi connectivity index (χ1) is 26.5. The predicted molar refractivity (Wildman–Crippen MR) is 202 cm³/mol. The highest BCUT2D eigenvalue weighted by Crippen LogP contribution is 2.39. The number of aromatic nitrogens is 2. The van der Waals surface area contributed by atoms with Crippen LogP contribution in [-0.4, -0.2) is 69.2 Å². The van der Waals surface area contributed by atoms with Crippen molar-refractivity contribution in [2.45, 2.75) is 65.4 Å². The molecule has 0 radical (unpaired) electrons. The number of oxazole rings is 2. The molecule has 0 aliphatic carbocycles. The molecule has 4 aromatic carbocycles. The second kappa shape index (κ2) is 14.5. The lowest BCUT2D eigenvalue weighted by atomic mass is 9.91. The summed E-state index contributed by atoms with van der Waals surface area (Å²) in [6.45, 7) is 6.07. The number of fused-ring (bicyclic) bond motifs is 2. The van der Waals surface area contributed by atoms with Crippen LogP contribution in [0.15, 0.2) is 69.5 Å². The Balaban J connectivity index is 1.12. The van der Waals surface area contributed by atoms with Crippen molar-refractivity contribution < 1.29 is 32.3 Å². The topological polar surface area (TPSA) is 155 Å². The molecule has 0 spiro atoms. The SMILES string of the molecule is Cc1c(-c2nc3cc(CN4CCC[C@H]4C(=O)O)c(OC(F)F)cc3o2)cccc1-c1cccc(-c2nc3cc(CN4CC(C)C(N)C4)cc(C#N)c3o2)c1C. The van der Waals surface area contributed by atoms with Crippen LogP contribution in [0.4, 0.5) is 8.78 Å². The van der Waals surface area contributed by atoms with Gasteiger partial charge in [-0.25, -0.2) is 9.97 Å². The molecule has 6 aromatic rings. The zero-order valence-electron chi connectivity index (χ0n) is 30.7. The maximum atomic E-state index is 13.5. The standard InChI is InChI=1S/C42H40F2N6O5/c1-22-18-49(21-32(22)46)19-25-13-26(17-45)38-34(14-25)48-40(55-38)31-10-5-8-29(24(31)3)28-7-4-9-30(23(28)2)39-47-33-15-27(20-50-12-6-11-35(50)41(51)52)36(54-42(43)44)16-37(33)53-39/h4-5,7-10,13-16,22,32,35,42H,6,11-12,18-21,46H2,1-3H3,(H,51,52)/t22?,32?,35-/m0/s1. The summed E-state index contributed by atoms with van der Waals surface area (Å²) in [6.07, 6.45) is 1.18. The van der Waals surface area contributed by atoms with Gasteiger partial charge in [0.15, 0.2) is 11.2 Å². The molecule has 2 aromatic heterocycles. The van der Waals surface area contributed by atoms with Gasteiger partial charge in [-0.1, -0.05) is 31.2 Å². The molecule has 0 bridgehead atoms. The summed E-state index contributed by atoms with van der Waals surface area (Å²) in [5, 5.41) is 19.7. The number of aliphatic carboxylic acids is 1. The van der Waals surface area contributed by atoms with E-state index in [-0.39, 0.29) is 23.9 Å². The van der Waals surface area contributed by atoms with Crippen molar-refractivity contribution >= 4 is 28.2 Å². The van der Waals surface area contributed by atoms with Gasteiger partial charge in [0.05, 0.1) is 5.56 Å². The lowest BCUT2D eigenvalue weighted by molar-refractivity contribution is -0.142. The molecule has 3 atom stereocenters. The number of nitrogens with zero attached hydrogens (tertiary/aromatic N) is 5. The molecule has 2 aliphatic heterocycles. The van der Waals surface area contributed by atoms with Gasteiger partial charge in [-0.15, -0.1) is 0 Å². The summed E-state index contributed by atoms with van der Waals surface area (Å²) in [7, 11) is 0. The predicted octanol–water partition coefficient (Wildman–Crippen LogP) is 7.89. The molecular weight excluding hydrogens is 706 g/mol. The minimum absolute atomic E-state index is 0.0811. The van der Waals surface area contributed by atoms with Gasteiger partial charge in [-0.2, -0.15) is 14.0 Å². The number of carboxylic acid groups (broad SMARTS) is 1. The Hall–Kier alpha value is -5.68. The number of rotatable bonds is 10. The zero-order valence-corrected chi connectivity index (χ0v) is 30.7. The number of likely N-dealkylation sites (tertiary alicyclic amines) is 2. The van der Waals surface area contributed by atoms with Crippen molar-refractivity contribution in [1.82, 2.24) is 19.8 Å². The van der Waals surface area contributed by atoms with Crippen molar-refractivity contribution in [3.8, 4) is 45.9 Å². The first-order valence-electron chi connectivity index (χ1n) is 18.3. The highest BCUT2D eigenvalue weighted by atomic mass is 19.3. The highest BCUT2D eigenvalue weighted by molar-refractivity contribution is 5.86. The van der Waals surface area contributed by atoms with Crippen LogP contribution in [0.25, 0.3) is 56.2 Å². The van der Waals surface area contributed by atoms with Crippen LogP contribution < -0.4 is 10.5 Å². The normalized spacial score (nSPS) is 19.2. The molecular formula is C42H40F2N6O5. The molecule has 55 heavy (non-hydrogen) atoms. The average Bonchev–Trinajstić information content (AvgIpc) is 3.95. The van der Waals surface area contributed by atoms with E-state index in [1.165, 1.54) is 6.07 Å². The molecule has 2 saturated heterocycles. The summed E-state index contributed by atoms with van der Waals surface area (Å²) in [6, 6.07) is 20.3. The van der Waals surface area contributed by atoms with Crippen molar-refractivity contribution in [2.75, 3.05) is 19.6 Å². The summed E-state index contributed by atoms with van der Waals surface area (Å²) >= 11 is 0. The number of benzene rings is 4. The van der Waals surface area contributed by atoms with E-state index in [1.807, 2.05) is 62.4 Å². The Labute approximate surface area is 315 Å². The zero-order chi connectivity index (χ0) is 38.5. The first-order valence-corrected chi connectivity index (χ1v) is 18.3. The summed E-state index contributed by atoms with van der Waals surface area (Å²) < 4.78 is 44.3. The Bertz CT molecular complexity index is 2480. The fraction of sp³-hybridized carbons (Fsp3) is 0.333. The van der Waals surface area contributed by atoms with Crippen LogP contribution in [0.2, 0.25) is 0 Å². The molecule has 11 nitrogen and oxygen atoms in total. The first kappa shape index (κ1) is 36.3. The number of hydrogen-bond acceptors (Lipinski definition) is 10. The number of ether oxygens (including phenoxy) is 1. The number of alkyl halides is 2. The van der Waals surface area contributed by atoms with Crippen LogP contribution in [0.3, 0.4) is 0 Å². The number of halogens is 2. The van der Waals surface area contributed by atoms with Crippen LogP contribution in [0, 0.1) is 31.1 Å². The maximum absolute atomic E-state index is 13.5. The smallest absolute Gasteiger partial charge is 0.387 e. The summed E-state index contributed by atoms with van der Waals surface area (Å²) in [5.74, 6) is 0.0956. The van der Waals surface area contributed by atoms with Crippen molar-refractivity contribution in [3.63, 3.8) is 0 Å². The molecule has 4 heterocycles. The Morgan fingerprint density at radius 3 is 2.29 bits per heavy atom. The fourth-order valence-electron chi connectivity index (χ4n) is 8.14. The van der Waals surface area contributed by atoms with E-state index >= 15 is 0 Å². The molecule has 2 unspecified atom stereocenters. The summed E-state index contributed by atoms with van der Waals surface area (Å²) in [4.78, 5) is 25.5. The van der Waals surface area contributed by atoms with Crippen molar-refractivity contribution in [3.05, 3.63) is 88.5 Å². The molecule has 2 fully saturated rings. The lowest BCUT2D eigenvalue weighted by Crippen LogP contribution is -2.35. The number of carbonyl (C=O) groups is 1. The van der Waals surface area contributed by atoms with Crippen molar-refractivity contribution in [2.24, 2.45) is 11.7 Å². The number of hydrogen-bond donors (Lipinski definition) is 2. The van der Waals surface area contributed by atoms with Gasteiger partial charge >= 0.3 is 12.6 Å². The minimum atomic E-state index is -3.07. The molecule has 3 N–H and O–H groups in total. The molecule has 13 heteroatoms. The lowest BCUT2D eigenvalue weighted by Gasteiger charge is -2.22. The van der Waals surface area contributed by atoms with E-state index in [2.05, 4.69) is 17.9 Å². The molecule has 282 valence electrons. The van der Waals surface area contributed by atoms with E-state index in [0.29, 0.717) is 76.9 Å². The quantitative estimate of drug-likeness (QED) is 0.141. The van der Waals surface area contributed by atoms with E-state index < -0.39 is 18.6 Å². The Kier molecular flexibility index (Phi) is 9.58. The molecule has 2 aliphatic rings. The molecule has 8 rings (SSSR count). The third kappa shape index (κ3) is 6.93. The average molecular weight is 747 g/mol. The second-order valence-electron chi connectivity index (χ2n) is 14.7. The van der Waals surface area contributed by atoms with Gasteiger partial charge in [0.25, 0.3) is 0 Å². The van der Waals surface area contributed by atoms with Crippen molar-refractivity contribution in [1.29, 1.82) is 5.26 Å². The Morgan fingerprint density at radius 1 is 0.982 bits per heavy atom. The number of carboxylic acids is 1.